The van der Waals surface area contributed by atoms with E-state index in [9.17, 15) is 18.0 Å². The van der Waals surface area contributed by atoms with Gasteiger partial charge < -0.3 is 10.1 Å². The fourth-order valence-electron chi connectivity index (χ4n) is 1.57. The van der Waals surface area contributed by atoms with E-state index in [0.29, 0.717) is 17.3 Å². The molecule has 0 saturated heterocycles. The van der Waals surface area contributed by atoms with Crippen LogP contribution in [0.2, 0.25) is 0 Å². The fraction of sp³-hybridized carbons (Fsp3) is 0.308. The van der Waals surface area contributed by atoms with E-state index in [0.717, 1.165) is 29.7 Å². The van der Waals surface area contributed by atoms with Crippen LogP contribution in [-0.2, 0) is 11.2 Å². The minimum atomic E-state index is -4.74. The van der Waals surface area contributed by atoms with Gasteiger partial charge in [-0.2, -0.15) is 0 Å². The zero-order valence-electron chi connectivity index (χ0n) is 12.0. The monoisotopic (exact) mass is 346 g/mol. The molecule has 1 aromatic heterocycles. The Bertz CT molecular complexity index is 658. The summed E-state index contributed by atoms with van der Waals surface area (Å²) >= 11 is 1.16. The van der Waals surface area contributed by atoms with Crippen molar-refractivity contribution in [1.82, 2.24) is 15.2 Å². The molecule has 2 rings (SSSR count). The molecule has 23 heavy (non-hydrogen) atoms. The molecule has 1 aromatic carbocycles. The topological polar surface area (TPSA) is 79.9 Å². The first-order valence-electron chi connectivity index (χ1n) is 6.55. The van der Waals surface area contributed by atoms with Crippen LogP contribution in [0.4, 0.5) is 18.9 Å². The number of amides is 1. The molecule has 1 amide bonds. The molecule has 0 unspecified atom stereocenters. The molecule has 0 aliphatic carbocycles. The number of rotatable bonds is 6. The van der Waals surface area contributed by atoms with Crippen LogP contribution in [0.15, 0.2) is 29.4 Å². The summed E-state index contributed by atoms with van der Waals surface area (Å²) in [4.78, 5) is 15.9. The van der Waals surface area contributed by atoms with E-state index in [-0.39, 0.29) is 17.4 Å². The SMILES string of the molecule is CCc1nc(SCC(=O)Nc2ccc(OC(F)(F)F)cc2)n[nH]1. The molecule has 10 heteroatoms. The van der Waals surface area contributed by atoms with Gasteiger partial charge in [-0.25, -0.2) is 4.98 Å². The van der Waals surface area contributed by atoms with Gasteiger partial charge in [-0.1, -0.05) is 18.7 Å². The molecule has 0 aliphatic rings. The van der Waals surface area contributed by atoms with Crippen molar-refractivity contribution in [3.05, 3.63) is 30.1 Å². The summed E-state index contributed by atoms with van der Waals surface area (Å²) in [5.41, 5.74) is 0.370. The van der Waals surface area contributed by atoms with Crippen LogP contribution in [0.25, 0.3) is 0 Å². The molecule has 0 aliphatic heterocycles. The van der Waals surface area contributed by atoms with Gasteiger partial charge in [0.1, 0.15) is 11.6 Å². The third kappa shape index (κ3) is 5.81. The molecular formula is C13H13F3N4O2S. The number of nitrogens with one attached hydrogen (secondary N) is 2. The van der Waals surface area contributed by atoms with E-state index < -0.39 is 6.36 Å². The van der Waals surface area contributed by atoms with Crippen molar-refractivity contribution >= 4 is 23.4 Å². The van der Waals surface area contributed by atoms with Gasteiger partial charge in [0.2, 0.25) is 11.1 Å². The predicted octanol–water partition coefficient (Wildman–Crippen LogP) is 3.00. The van der Waals surface area contributed by atoms with Crippen LogP contribution in [-0.4, -0.2) is 33.2 Å². The highest BCUT2D eigenvalue weighted by Gasteiger charge is 2.30. The Hall–Kier alpha value is -2.23. The van der Waals surface area contributed by atoms with Crippen molar-refractivity contribution in [2.45, 2.75) is 24.9 Å². The average molecular weight is 346 g/mol. The van der Waals surface area contributed by atoms with Gasteiger partial charge in [0.05, 0.1) is 5.75 Å². The molecule has 6 nitrogen and oxygen atoms in total. The number of halogens is 3. The van der Waals surface area contributed by atoms with Crippen LogP contribution in [0.3, 0.4) is 0 Å². The number of carbonyl (C=O) groups excluding carboxylic acids is 1. The molecule has 2 aromatic rings. The van der Waals surface area contributed by atoms with Crippen LogP contribution in [0, 0.1) is 0 Å². The normalized spacial score (nSPS) is 11.3. The number of carbonyl (C=O) groups is 1. The second kappa shape index (κ2) is 7.36. The maximum atomic E-state index is 12.0. The standard InChI is InChI=1S/C13H13F3N4O2S/c1-2-10-18-12(20-19-10)23-7-11(21)17-8-3-5-9(6-4-8)22-13(14,15)16/h3-6H,2,7H2,1H3,(H,17,21)(H,18,19,20). The maximum Gasteiger partial charge on any atom is 0.573 e. The molecule has 1 heterocycles. The Morgan fingerprint density at radius 2 is 2.04 bits per heavy atom. The summed E-state index contributed by atoms with van der Waals surface area (Å²) in [7, 11) is 0. The highest BCUT2D eigenvalue weighted by atomic mass is 32.2. The highest BCUT2D eigenvalue weighted by Crippen LogP contribution is 2.24. The number of aromatic nitrogens is 3. The van der Waals surface area contributed by atoms with Gasteiger partial charge in [0.15, 0.2) is 0 Å². The minimum Gasteiger partial charge on any atom is -0.406 e. The lowest BCUT2D eigenvalue weighted by Crippen LogP contribution is -2.17. The Kier molecular flexibility index (Phi) is 5.48. The molecule has 2 N–H and O–H groups in total. The number of alkyl halides is 3. The van der Waals surface area contributed by atoms with Crippen LogP contribution in [0.5, 0.6) is 5.75 Å². The lowest BCUT2D eigenvalue weighted by Gasteiger charge is -2.09. The third-order valence-electron chi connectivity index (χ3n) is 2.55. The summed E-state index contributed by atoms with van der Waals surface area (Å²) in [5, 5.41) is 9.69. The van der Waals surface area contributed by atoms with Gasteiger partial charge in [0, 0.05) is 12.1 Å². The van der Waals surface area contributed by atoms with E-state index in [1.807, 2.05) is 6.92 Å². The maximum absolute atomic E-state index is 12.0. The third-order valence-corrected chi connectivity index (χ3v) is 3.40. The predicted molar refractivity (Wildman–Crippen MR) is 78.2 cm³/mol. The molecule has 0 spiro atoms. The van der Waals surface area contributed by atoms with Gasteiger partial charge in [-0.05, 0) is 24.3 Å². The quantitative estimate of drug-likeness (QED) is 0.786. The van der Waals surface area contributed by atoms with Gasteiger partial charge in [0.25, 0.3) is 0 Å². The molecular weight excluding hydrogens is 333 g/mol. The zero-order valence-corrected chi connectivity index (χ0v) is 12.8. The van der Waals surface area contributed by atoms with Crippen molar-refractivity contribution < 1.29 is 22.7 Å². The number of anilines is 1. The largest absolute Gasteiger partial charge is 0.573 e. The minimum absolute atomic E-state index is 0.0851. The van der Waals surface area contributed by atoms with Crippen molar-refractivity contribution in [1.29, 1.82) is 0 Å². The van der Waals surface area contributed by atoms with Crippen molar-refractivity contribution in [3.63, 3.8) is 0 Å². The summed E-state index contributed by atoms with van der Waals surface area (Å²) in [6.07, 6.45) is -4.03. The summed E-state index contributed by atoms with van der Waals surface area (Å²) in [5.74, 6) is 0.148. The number of hydrogen-bond acceptors (Lipinski definition) is 5. The van der Waals surface area contributed by atoms with Crippen molar-refractivity contribution in [2.24, 2.45) is 0 Å². The fourth-order valence-corrected chi connectivity index (χ4v) is 2.18. The number of benzene rings is 1. The summed E-state index contributed by atoms with van der Waals surface area (Å²) in [6.45, 7) is 1.92. The Morgan fingerprint density at radius 1 is 1.35 bits per heavy atom. The Morgan fingerprint density at radius 3 is 2.61 bits per heavy atom. The molecule has 124 valence electrons. The second-order valence-corrected chi connectivity index (χ2v) is 5.27. The number of hydrogen-bond donors (Lipinski definition) is 2. The highest BCUT2D eigenvalue weighted by molar-refractivity contribution is 7.99. The lowest BCUT2D eigenvalue weighted by atomic mass is 10.3. The number of aryl methyl sites for hydroxylation is 1. The first kappa shape index (κ1) is 17.1. The van der Waals surface area contributed by atoms with E-state index >= 15 is 0 Å². The lowest BCUT2D eigenvalue weighted by molar-refractivity contribution is -0.274. The molecule has 0 atom stereocenters. The number of thioether (sulfide) groups is 1. The molecule has 0 saturated carbocycles. The molecule has 0 radical (unpaired) electrons. The van der Waals surface area contributed by atoms with Gasteiger partial charge >= 0.3 is 6.36 Å². The van der Waals surface area contributed by atoms with Crippen LogP contribution in [0.1, 0.15) is 12.7 Å². The number of nitrogens with zero attached hydrogens (tertiary/aromatic N) is 2. The van der Waals surface area contributed by atoms with E-state index in [4.69, 9.17) is 0 Å². The van der Waals surface area contributed by atoms with Crippen molar-refractivity contribution in [2.75, 3.05) is 11.1 Å². The van der Waals surface area contributed by atoms with E-state index in [1.165, 1.54) is 12.1 Å². The number of H-pyrrole nitrogens is 1. The Balaban J connectivity index is 1.82. The van der Waals surface area contributed by atoms with Crippen LogP contribution >= 0.6 is 11.8 Å². The first-order valence-corrected chi connectivity index (χ1v) is 7.54. The zero-order chi connectivity index (χ0) is 16.9. The molecule has 0 fully saturated rings. The van der Waals surface area contributed by atoms with Crippen molar-refractivity contribution in [3.8, 4) is 5.75 Å². The van der Waals surface area contributed by atoms with E-state index in [1.54, 1.807) is 0 Å². The van der Waals surface area contributed by atoms with Gasteiger partial charge in [-0.15, -0.1) is 18.3 Å². The first-order chi connectivity index (χ1) is 10.9. The van der Waals surface area contributed by atoms with Crippen LogP contribution < -0.4 is 10.1 Å². The summed E-state index contributed by atoms with van der Waals surface area (Å²) < 4.78 is 39.8. The smallest absolute Gasteiger partial charge is 0.406 e. The average Bonchev–Trinajstić information content (AvgIpc) is 2.94. The Labute approximate surface area is 133 Å². The van der Waals surface area contributed by atoms with Gasteiger partial charge in [-0.3, -0.25) is 9.89 Å². The number of ether oxygens (including phenoxy) is 1. The second-order valence-electron chi connectivity index (χ2n) is 4.33. The summed E-state index contributed by atoms with van der Waals surface area (Å²) in [6, 6.07) is 4.90. The van der Waals surface area contributed by atoms with E-state index in [2.05, 4.69) is 25.2 Å². The molecule has 0 bridgehead atoms. The number of aromatic amines is 1.